The van der Waals surface area contributed by atoms with Gasteiger partial charge < -0.3 is 19.6 Å². The van der Waals surface area contributed by atoms with E-state index in [0.717, 1.165) is 17.5 Å². The third-order valence-corrected chi connectivity index (χ3v) is 4.71. The number of benzene rings is 2. The molecule has 0 aliphatic rings. The average Bonchev–Trinajstić information content (AvgIpc) is 3.10. The molecule has 3 rings (SSSR count). The summed E-state index contributed by atoms with van der Waals surface area (Å²) >= 11 is 11.7. The van der Waals surface area contributed by atoms with Gasteiger partial charge in [-0.15, -0.1) is 0 Å². The van der Waals surface area contributed by atoms with Gasteiger partial charge in [-0.05, 0) is 36.8 Å². The van der Waals surface area contributed by atoms with Gasteiger partial charge >= 0.3 is 0 Å². The first-order valence-corrected chi connectivity index (χ1v) is 9.91. The highest BCUT2D eigenvalue weighted by Gasteiger charge is 2.16. The second-order valence-corrected chi connectivity index (χ2v) is 6.99. The Balaban J connectivity index is 1.94. The summed E-state index contributed by atoms with van der Waals surface area (Å²) < 4.78 is 18.9. The molecule has 1 heterocycles. The number of aromatic nitrogens is 3. The van der Waals surface area contributed by atoms with Crippen LogP contribution in [0.5, 0.6) is 17.2 Å². The Morgan fingerprint density at radius 1 is 1.17 bits per heavy atom. The lowest BCUT2D eigenvalue weighted by molar-refractivity contribution is 0.291. The molecule has 29 heavy (non-hydrogen) atoms. The summed E-state index contributed by atoms with van der Waals surface area (Å²) in [6, 6.07) is 11.2. The standard InChI is InChI=1S/C20H23ClN4O3S/c1-4-9-28-18-13(10-14(21)11-17(18)27-3)12-22-25-19(23-24-20(25)29)15-7-5-6-8-16(15)26-2/h5-8,10-11,22H,4,9,12H2,1-3H3,(H,24,29). The zero-order valence-electron chi connectivity index (χ0n) is 16.5. The van der Waals surface area contributed by atoms with Crippen molar-refractivity contribution in [3.8, 4) is 28.6 Å². The normalized spacial score (nSPS) is 10.6. The molecule has 2 N–H and O–H groups in total. The molecule has 0 saturated heterocycles. The predicted octanol–water partition coefficient (Wildman–Crippen LogP) is 4.81. The number of para-hydroxylation sites is 1. The Kier molecular flexibility index (Phi) is 7.00. The third kappa shape index (κ3) is 4.65. The SMILES string of the molecule is CCCOc1c(CNn2c(-c3ccccc3OC)n[nH]c2=S)cc(Cl)cc1OC. The van der Waals surface area contributed by atoms with Crippen LogP contribution >= 0.6 is 23.8 Å². The van der Waals surface area contributed by atoms with Crippen molar-refractivity contribution in [2.24, 2.45) is 0 Å². The molecule has 0 aliphatic heterocycles. The number of ether oxygens (including phenoxy) is 3. The van der Waals surface area contributed by atoms with Crippen molar-refractivity contribution in [2.45, 2.75) is 19.9 Å². The molecule has 2 aromatic carbocycles. The van der Waals surface area contributed by atoms with Gasteiger partial charge in [0.25, 0.3) is 0 Å². The van der Waals surface area contributed by atoms with Crippen LogP contribution in [0.4, 0.5) is 0 Å². The van der Waals surface area contributed by atoms with Gasteiger partial charge in [0, 0.05) is 16.7 Å². The van der Waals surface area contributed by atoms with Crippen molar-refractivity contribution in [3.63, 3.8) is 0 Å². The van der Waals surface area contributed by atoms with Gasteiger partial charge in [-0.25, -0.2) is 9.77 Å². The van der Waals surface area contributed by atoms with Crippen molar-refractivity contribution < 1.29 is 14.2 Å². The van der Waals surface area contributed by atoms with Crippen LogP contribution in [0.2, 0.25) is 5.02 Å². The van der Waals surface area contributed by atoms with Crippen molar-refractivity contribution in [3.05, 3.63) is 51.8 Å². The van der Waals surface area contributed by atoms with Crippen LogP contribution in [0, 0.1) is 4.77 Å². The van der Waals surface area contributed by atoms with E-state index in [1.165, 1.54) is 0 Å². The minimum absolute atomic E-state index is 0.395. The molecule has 0 fully saturated rings. The highest BCUT2D eigenvalue weighted by Crippen LogP contribution is 2.35. The molecular formula is C20H23ClN4O3S. The molecular weight excluding hydrogens is 412 g/mol. The van der Waals surface area contributed by atoms with E-state index < -0.39 is 0 Å². The number of nitrogens with zero attached hydrogens (tertiary/aromatic N) is 2. The van der Waals surface area contributed by atoms with Crippen LogP contribution in [0.25, 0.3) is 11.4 Å². The molecule has 1 aromatic heterocycles. The first-order chi connectivity index (χ1) is 14.1. The number of nitrogens with one attached hydrogen (secondary N) is 2. The van der Waals surface area contributed by atoms with E-state index in [-0.39, 0.29) is 0 Å². The maximum Gasteiger partial charge on any atom is 0.214 e. The second-order valence-electron chi connectivity index (χ2n) is 6.17. The van der Waals surface area contributed by atoms with Crippen LogP contribution in [-0.2, 0) is 6.54 Å². The Bertz CT molecular complexity index is 1030. The highest BCUT2D eigenvalue weighted by atomic mass is 35.5. The first-order valence-electron chi connectivity index (χ1n) is 9.12. The largest absolute Gasteiger partial charge is 0.496 e. The van der Waals surface area contributed by atoms with Crippen molar-refractivity contribution in [2.75, 3.05) is 26.3 Å². The van der Waals surface area contributed by atoms with E-state index in [4.69, 9.17) is 38.0 Å². The molecule has 0 radical (unpaired) electrons. The molecule has 0 saturated carbocycles. The fraction of sp³-hybridized carbons (Fsp3) is 0.300. The predicted molar refractivity (Wildman–Crippen MR) is 116 cm³/mol. The van der Waals surface area contributed by atoms with Crippen molar-refractivity contribution in [1.29, 1.82) is 0 Å². The van der Waals surface area contributed by atoms with Gasteiger partial charge in [-0.3, -0.25) is 0 Å². The van der Waals surface area contributed by atoms with Crippen molar-refractivity contribution in [1.82, 2.24) is 14.9 Å². The Morgan fingerprint density at radius 3 is 2.66 bits per heavy atom. The quantitative estimate of drug-likeness (QED) is 0.471. The van der Waals surface area contributed by atoms with Gasteiger partial charge in [-0.2, -0.15) is 5.10 Å². The minimum Gasteiger partial charge on any atom is -0.496 e. The number of rotatable bonds is 9. The lowest BCUT2D eigenvalue weighted by Gasteiger charge is -2.17. The topological polar surface area (TPSA) is 73.3 Å². The number of hydrogen-bond acceptors (Lipinski definition) is 6. The second kappa shape index (κ2) is 9.67. The fourth-order valence-corrected chi connectivity index (χ4v) is 3.32. The van der Waals surface area contributed by atoms with Gasteiger partial charge in [-0.1, -0.05) is 30.7 Å². The Labute approximate surface area is 179 Å². The van der Waals surface area contributed by atoms with E-state index in [9.17, 15) is 0 Å². The lowest BCUT2D eigenvalue weighted by atomic mass is 10.2. The average molecular weight is 435 g/mol. The molecule has 7 nitrogen and oxygen atoms in total. The van der Waals surface area contributed by atoms with E-state index in [2.05, 4.69) is 15.6 Å². The van der Waals surface area contributed by atoms with Crippen LogP contribution in [0.3, 0.4) is 0 Å². The summed E-state index contributed by atoms with van der Waals surface area (Å²) in [5.41, 5.74) is 4.94. The number of hydrogen-bond donors (Lipinski definition) is 2. The summed E-state index contributed by atoms with van der Waals surface area (Å²) in [6.07, 6.45) is 0.878. The van der Waals surface area contributed by atoms with Crippen molar-refractivity contribution >= 4 is 23.8 Å². The Hall–Kier alpha value is -2.71. The van der Waals surface area contributed by atoms with E-state index in [1.54, 1.807) is 25.0 Å². The van der Waals surface area contributed by atoms with Gasteiger partial charge in [0.2, 0.25) is 4.77 Å². The van der Waals surface area contributed by atoms with Gasteiger partial charge in [0.1, 0.15) is 5.75 Å². The van der Waals surface area contributed by atoms with Crippen LogP contribution in [-0.4, -0.2) is 35.7 Å². The van der Waals surface area contributed by atoms with Crippen LogP contribution in [0.15, 0.2) is 36.4 Å². The minimum atomic E-state index is 0.395. The summed E-state index contributed by atoms with van der Waals surface area (Å²) in [5, 5.41) is 7.73. The van der Waals surface area contributed by atoms with E-state index in [1.807, 2.05) is 37.3 Å². The zero-order valence-corrected chi connectivity index (χ0v) is 18.1. The van der Waals surface area contributed by atoms with Crippen LogP contribution < -0.4 is 19.6 Å². The van der Waals surface area contributed by atoms with Gasteiger partial charge in [0.05, 0.1) is 32.9 Å². The highest BCUT2D eigenvalue weighted by molar-refractivity contribution is 7.71. The molecule has 3 aromatic rings. The maximum absolute atomic E-state index is 6.27. The molecule has 0 bridgehead atoms. The summed E-state index contributed by atoms with van der Waals surface area (Å²) in [5.74, 6) is 2.54. The summed E-state index contributed by atoms with van der Waals surface area (Å²) in [7, 11) is 3.21. The molecule has 0 aliphatic carbocycles. The lowest BCUT2D eigenvalue weighted by Crippen LogP contribution is -2.17. The molecule has 9 heteroatoms. The zero-order chi connectivity index (χ0) is 20.8. The number of H-pyrrole nitrogens is 1. The van der Waals surface area contributed by atoms with E-state index >= 15 is 0 Å². The molecule has 0 amide bonds. The number of methoxy groups -OCH3 is 2. The fourth-order valence-electron chi connectivity index (χ4n) is 2.89. The number of aromatic amines is 1. The summed E-state index contributed by atoms with van der Waals surface area (Å²) in [6.45, 7) is 3.01. The van der Waals surface area contributed by atoms with E-state index in [0.29, 0.717) is 46.0 Å². The summed E-state index contributed by atoms with van der Waals surface area (Å²) in [4.78, 5) is 0. The molecule has 0 unspecified atom stereocenters. The molecule has 0 spiro atoms. The smallest absolute Gasteiger partial charge is 0.214 e. The Morgan fingerprint density at radius 2 is 1.93 bits per heavy atom. The monoisotopic (exact) mass is 434 g/mol. The van der Waals surface area contributed by atoms with Crippen LogP contribution in [0.1, 0.15) is 18.9 Å². The van der Waals surface area contributed by atoms with Gasteiger partial charge in [0.15, 0.2) is 17.3 Å². The first kappa shape index (κ1) is 21.0. The number of halogens is 1. The maximum atomic E-state index is 6.27. The third-order valence-electron chi connectivity index (χ3n) is 4.21. The molecule has 0 atom stereocenters. The molecule has 154 valence electrons.